The lowest BCUT2D eigenvalue weighted by Gasteiger charge is -2.54. The van der Waals surface area contributed by atoms with E-state index in [1.165, 1.54) is 38.5 Å². The number of amides is 1. The molecule has 0 unspecified atom stereocenters. The smallest absolute Gasteiger partial charge is 0.258 e. The van der Waals surface area contributed by atoms with Gasteiger partial charge in [-0.1, -0.05) is 6.92 Å². The highest BCUT2D eigenvalue weighted by Gasteiger charge is 2.48. The van der Waals surface area contributed by atoms with Crippen molar-refractivity contribution in [3.63, 3.8) is 0 Å². The number of hydrogen-bond acceptors (Lipinski definition) is 5. The lowest BCUT2D eigenvalue weighted by molar-refractivity contribution is -0.0120. The number of carbonyl (C=O) groups excluding carboxylic acids is 1. The van der Waals surface area contributed by atoms with Gasteiger partial charge in [-0.3, -0.25) is 4.79 Å². The molecule has 0 aromatic carbocycles. The molecule has 5 aliphatic rings. The number of hydrogen-bond donors (Lipinski definition) is 2. The fourth-order valence-electron chi connectivity index (χ4n) is 6.79. The molecule has 0 radical (unpaired) electrons. The van der Waals surface area contributed by atoms with Crippen molar-refractivity contribution < 1.29 is 9.53 Å². The molecule has 1 aliphatic heterocycles. The quantitative estimate of drug-likeness (QED) is 0.664. The molecular formula is C24H39N5O2. The minimum Gasteiger partial charge on any atom is -0.477 e. The number of aromatic nitrogens is 2. The maximum atomic E-state index is 13.3. The molecule has 2 N–H and O–H groups in total. The van der Waals surface area contributed by atoms with E-state index >= 15 is 0 Å². The van der Waals surface area contributed by atoms with Crippen LogP contribution < -0.4 is 15.4 Å². The molecule has 4 aliphatic carbocycles. The van der Waals surface area contributed by atoms with E-state index in [0.717, 1.165) is 57.5 Å². The molecule has 1 aromatic heterocycles. The molecule has 31 heavy (non-hydrogen) atoms. The first-order chi connectivity index (χ1) is 15.2. The first-order valence-corrected chi connectivity index (χ1v) is 12.6. The Balaban J connectivity index is 1.26. The van der Waals surface area contributed by atoms with Gasteiger partial charge in [0.25, 0.3) is 5.91 Å². The average molecular weight is 430 g/mol. The summed E-state index contributed by atoms with van der Waals surface area (Å²) < 4.78 is 7.96. The summed E-state index contributed by atoms with van der Waals surface area (Å²) in [6, 6.07) is 0.340. The van der Waals surface area contributed by atoms with Gasteiger partial charge in [0.2, 0.25) is 5.88 Å². The zero-order valence-electron chi connectivity index (χ0n) is 19.0. The normalized spacial score (nSPS) is 32.7. The van der Waals surface area contributed by atoms with Crippen LogP contribution in [0, 0.1) is 23.7 Å². The lowest BCUT2D eigenvalue weighted by atomic mass is 9.54. The van der Waals surface area contributed by atoms with Crippen LogP contribution in [0.4, 0.5) is 0 Å². The topological polar surface area (TPSA) is 71.4 Å². The van der Waals surface area contributed by atoms with E-state index in [1.807, 2.05) is 4.68 Å². The van der Waals surface area contributed by atoms with Crippen LogP contribution in [0.15, 0.2) is 6.20 Å². The molecule has 172 valence electrons. The third kappa shape index (κ3) is 4.63. The molecule has 5 fully saturated rings. The summed E-state index contributed by atoms with van der Waals surface area (Å²) >= 11 is 0. The highest BCUT2D eigenvalue weighted by atomic mass is 16.5. The molecule has 7 heteroatoms. The minimum atomic E-state index is 0.00815. The molecular weight excluding hydrogens is 390 g/mol. The zero-order valence-corrected chi connectivity index (χ0v) is 19.0. The Kier molecular flexibility index (Phi) is 6.51. The van der Waals surface area contributed by atoms with Gasteiger partial charge < -0.3 is 20.3 Å². The highest BCUT2D eigenvalue weighted by Crippen LogP contribution is 2.53. The van der Waals surface area contributed by atoms with Crippen LogP contribution in [0.1, 0.15) is 62.2 Å². The standard InChI is InChI=1S/C24H39N5O2/c1-2-10-31-24-21(16-26-29(24)9-8-28-6-3-4-25-5-7-28)23(30)27-22-19-12-17-11-18(14-19)15-20(22)13-17/h16-20,22,25H,2-15H2,1H3,(H,27,30). The van der Waals surface area contributed by atoms with Crippen LogP contribution in [-0.2, 0) is 6.54 Å². The summed E-state index contributed by atoms with van der Waals surface area (Å²) in [6.45, 7) is 8.70. The third-order valence-electron chi connectivity index (χ3n) is 8.06. The Morgan fingerprint density at radius 1 is 1.13 bits per heavy atom. The zero-order chi connectivity index (χ0) is 21.2. The number of carbonyl (C=O) groups is 1. The maximum Gasteiger partial charge on any atom is 0.258 e. The minimum absolute atomic E-state index is 0.00815. The van der Waals surface area contributed by atoms with E-state index in [9.17, 15) is 4.79 Å². The van der Waals surface area contributed by atoms with Crippen molar-refractivity contribution in [1.29, 1.82) is 0 Å². The molecule has 1 amide bonds. The number of rotatable bonds is 8. The van der Waals surface area contributed by atoms with Crippen molar-refractivity contribution in [2.24, 2.45) is 23.7 Å². The Labute approximate surface area is 186 Å². The summed E-state index contributed by atoms with van der Waals surface area (Å²) in [5, 5.41) is 11.5. The van der Waals surface area contributed by atoms with Gasteiger partial charge in [-0.2, -0.15) is 5.10 Å². The van der Waals surface area contributed by atoms with Crippen molar-refractivity contribution in [1.82, 2.24) is 25.3 Å². The van der Waals surface area contributed by atoms with Crippen molar-refractivity contribution in [3.05, 3.63) is 11.8 Å². The summed E-state index contributed by atoms with van der Waals surface area (Å²) in [6.07, 6.45) is 10.5. The van der Waals surface area contributed by atoms with Crippen LogP contribution in [0.25, 0.3) is 0 Å². The monoisotopic (exact) mass is 429 g/mol. The molecule has 4 bridgehead atoms. The van der Waals surface area contributed by atoms with E-state index < -0.39 is 0 Å². The fourth-order valence-corrected chi connectivity index (χ4v) is 6.79. The van der Waals surface area contributed by atoms with Gasteiger partial charge in [0.15, 0.2) is 0 Å². The van der Waals surface area contributed by atoms with Gasteiger partial charge in [-0.15, -0.1) is 0 Å². The molecule has 6 rings (SSSR count). The Bertz CT molecular complexity index is 727. The maximum absolute atomic E-state index is 13.3. The summed E-state index contributed by atoms with van der Waals surface area (Å²) in [4.78, 5) is 15.8. The number of nitrogens with zero attached hydrogens (tertiary/aromatic N) is 3. The van der Waals surface area contributed by atoms with Gasteiger partial charge in [-0.25, -0.2) is 4.68 Å². The molecule has 1 aromatic rings. The van der Waals surface area contributed by atoms with Gasteiger partial charge >= 0.3 is 0 Å². The van der Waals surface area contributed by atoms with Crippen molar-refractivity contribution in [2.45, 2.75) is 64.5 Å². The second kappa shape index (κ2) is 9.49. The van der Waals surface area contributed by atoms with E-state index in [-0.39, 0.29) is 5.91 Å². The summed E-state index contributed by atoms with van der Waals surface area (Å²) in [7, 11) is 0. The summed E-state index contributed by atoms with van der Waals surface area (Å²) in [5.41, 5.74) is 0.611. The lowest BCUT2D eigenvalue weighted by Crippen LogP contribution is -2.55. The molecule has 0 atom stereocenters. The SMILES string of the molecule is CCCOc1c(C(=O)NC2C3CC4CC(C3)CC2C4)cnn1CCN1CCCNCC1. The predicted octanol–water partition coefficient (Wildman–Crippen LogP) is 2.52. The Morgan fingerprint density at radius 3 is 2.65 bits per heavy atom. The molecule has 1 saturated heterocycles. The van der Waals surface area contributed by atoms with Crippen LogP contribution in [-0.4, -0.2) is 66.0 Å². The molecule has 2 heterocycles. The number of nitrogens with one attached hydrogen (secondary N) is 2. The van der Waals surface area contributed by atoms with Crippen LogP contribution in [0.3, 0.4) is 0 Å². The Hall–Kier alpha value is -1.60. The summed E-state index contributed by atoms with van der Waals surface area (Å²) in [5.74, 6) is 3.83. The van der Waals surface area contributed by atoms with Gasteiger partial charge in [0, 0.05) is 25.7 Å². The van der Waals surface area contributed by atoms with Gasteiger partial charge in [-0.05, 0) is 81.7 Å². The van der Waals surface area contributed by atoms with E-state index in [0.29, 0.717) is 35.9 Å². The second-order valence-electron chi connectivity index (χ2n) is 10.3. The average Bonchev–Trinajstić information content (AvgIpc) is 2.97. The predicted molar refractivity (Wildman–Crippen MR) is 120 cm³/mol. The second-order valence-corrected chi connectivity index (χ2v) is 10.3. The largest absolute Gasteiger partial charge is 0.477 e. The van der Waals surface area contributed by atoms with Gasteiger partial charge in [0.05, 0.1) is 19.3 Å². The fraction of sp³-hybridized carbons (Fsp3) is 0.833. The van der Waals surface area contributed by atoms with Crippen LogP contribution >= 0.6 is 0 Å². The molecule has 4 saturated carbocycles. The molecule has 0 spiro atoms. The van der Waals surface area contributed by atoms with Crippen molar-refractivity contribution in [3.8, 4) is 5.88 Å². The first kappa shape index (κ1) is 21.3. The van der Waals surface area contributed by atoms with Crippen molar-refractivity contribution in [2.75, 3.05) is 39.3 Å². The van der Waals surface area contributed by atoms with E-state index in [4.69, 9.17) is 4.74 Å². The van der Waals surface area contributed by atoms with Gasteiger partial charge in [0.1, 0.15) is 5.56 Å². The van der Waals surface area contributed by atoms with E-state index in [2.05, 4.69) is 27.6 Å². The third-order valence-corrected chi connectivity index (χ3v) is 8.06. The Morgan fingerprint density at radius 2 is 1.90 bits per heavy atom. The number of ether oxygens (including phenoxy) is 1. The van der Waals surface area contributed by atoms with Crippen LogP contribution in [0.2, 0.25) is 0 Å². The van der Waals surface area contributed by atoms with Crippen LogP contribution in [0.5, 0.6) is 5.88 Å². The van der Waals surface area contributed by atoms with E-state index in [1.54, 1.807) is 6.20 Å². The molecule has 7 nitrogen and oxygen atoms in total. The first-order valence-electron chi connectivity index (χ1n) is 12.6. The van der Waals surface area contributed by atoms with Crippen molar-refractivity contribution >= 4 is 5.91 Å². The highest BCUT2D eigenvalue weighted by molar-refractivity contribution is 5.96.